The van der Waals surface area contributed by atoms with Crippen molar-refractivity contribution < 1.29 is 27.4 Å². The fraction of sp³-hybridized carbons (Fsp3) is 0.143. The lowest BCUT2D eigenvalue weighted by molar-refractivity contribution is -0.275. The zero-order chi connectivity index (χ0) is 21.7. The van der Waals surface area contributed by atoms with Crippen LogP contribution in [0.3, 0.4) is 0 Å². The topological polar surface area (TPSA) is 86.5 Å². The average molecular weight is 417 g/mol. The molecule has 1 amide bonds. The Kier molecular flexibility index (Phi) is 6.10. The third-order valence-corrected chi connectivity index (χ3v) is 3.99. The first-order valence-electron chi connectivity index (χ1n) is 8.84. The van der Waals surface area contributed by atoms with Gasteiger partial charge in [-0.05, 0) is 48.9 Å². The van der Waals surface area contributed by atoms with Gasteiger partial charge < -0.3 is 20.5 Å². The van der Waals surface area contributed by atoms with Crippen molar-refractivity contribution >= 4 is 11.7 Å². The van der Waals surface area contributed by atoms with Gasteiger partial charge >= 0.3 is 6.36 Å². The van der Waals surface area contributed by atoms with Gasteiger partial charge in [-0.15, -0.1) is 13.2 Å². The highest BCUT2D eigenvalue weighted by molar-refractivity contribution is 5.98. The molecule has 9 heteroatoms. The summed E-state index contributed by atoms with van der Waals surface area (Å²) in [5, 5.41) is 2.73. The molecule has 1 heterocycles. The summed E-state index contributed by atoms with van der Waals surface area (Å²) in [5.41, 5.74) is 7.51. The first-order chi connectivity index (χ1) is 14.2. The molecule has 0 saturated carbocycles. The molecule has 1 aromatic heterocycles. The lowest BCUT2D eigenvalue weighted by Gasteiger charge is -2.14. The molecule has 0 aliphatic heterocycles. The van der Waals surface area contributed by atoms with E-state index in [9.17, 15) is 18.0 Å². The fourth-order valence-electron chi connectivity index (χ4n) is 2.59. The van der Waals surface area contributed by atoms with Crippen molar-refractivity contribution in [3.05, 3.63) is 77.5 Å². The number of alkyl halides is 3. The van der Waals surface area contributed by atoms with Crippen LogP contribution in [0.15, 0.2) is 60.7 Å². The minimum atomic E-state index is -4.82. The number of aryl methyl sites for hydroxylation is 1. The number of anilines is 1. The van der Waals surface area contributed by atoms with Crippen LogP contribution >= 0.6 is 0 Å². The molecule has 156 valence electrons. The maximum Gasteiger partial charge on any atom is 0.573 e. The van der Waals surface area contributed by atoms with Gasteiger partial charge in [-0.1, -0.05) is 24.3 Å². The van der Waals surface area contributed by atoms with E-state index in [0.717, 1.165) is 5.56 Å². The van der Waals surface area contributed by atoms with E-state index in [4.69, 9.17) is 10.5 Å². The average Bonchev–Trinajstić information content (AvgIpc) is 2.67. The molecular weight excluding hydrogens is 399 g/mol. The Bertz CT molecular complexity index is 1040. The largest absolute Gasteiger partial charge is 0.573 e. The molecular formula is C21H18F3N3O3. The van der Waals surface area contributed by atoms with Crippen molar-refractivity contribution in [2.75, 3.05) is 5.73 Å². The lowest BCUT2D eigenvalue weighted by atomic mass is 10.2. The van der Waals surface area contributed by atoms with Gasteiger partial charge in [0.15, 0.2) is 11.5 Å². The summed E-state index contributed by atoms with van der Waals surface area (Å²) in [6.45, 7) is 2.00. The van der Waals surface area contributed by atoms with Crippen LogP contribution in [-0.2, 0) is 6.54 Å². The molecule has 0 unspecified atom stereocenters. The number of nitrogens with zero attached hydrogens (tertiary/aromatic N) is 1. The molecule has 0 bridgehead atoms. The van der Waals surface area contributed by atoms with E-state index in [1.807, 2.05) is 0 Å². The Morgan fingerprint density at radius 1 is 1.03 bits per heavy atom. The molecule has 0 fully saturated rings. The van der Waals surface area contributed by atoms with Crippen LogP contribution in [0.4, 0.5) is 19.0 Å². The van der Waals surface area contributed by atoms with E-state index in [-0.39, 0.29) is 29.6 Å². The van der Waals surface area contributed by atoms with E-state index in [0.29, 0.717) is 11.4 Å². The quantitative estimate of drug-likeness (QED) is 0.613. The van der Waals surface area contributed by atoms with Crippen molar-refractivity contribution in [3.63, 3.8) is 0 Å². The van der Waals surface area contributed by atoms with Crippen LogP contribution in [0, 0.1) is 6.92 Å². The molecule has 2 aromatic carbocycles. The monoisotopic (exact) mass is 417 g/mol. The van der Waals surface area contributed by atoms with Crippen LogP contribution in [-0.4, -0.2) is 17.3 Å². The van der Waals surface area contributed by atoms with Crippen LogP contribution in [0.2, 0.25) is 0 Å². The smallest absolute Gasteiger partial charge is 0.453 e. The first-order valence-corrected chi connectivity index (χ1v) is 8.84. The highest BCUT2D eigenvalue weighted by Crippen LogP contribution is 2.34. The van der Waals surface area contributed by atoms with E-state index in [2.05, 4.69) is 15.0 Å². The van der Waals surface area contributed by atoms with E-state index < -0.39 is 12.1 Å². The van der Waals surface area contributed by atoms with Crippen molar-refractivity contribution in [2.24, 2.45) is 0 Å². The SMILES string of the molecule is Cc1ccc(C(=O)NCc2ccc(Oc3ccccc3OC(F)(F)F)cc2)c(N)n1. The number of hydrogen-bond acceptors (Lipinski definition) is 5. The zero-order valence-corrected chi connectivity index (χ0v) is 15.9. The van der Waals surface area contributed by atoms with Gasteiger partial charge in [-0.3, -0.25) is 4.79 Å². The normalized spacial score (nSPS) is 11.1. The van der Waals surface area contributed by atoms with Crippen molar-refractivity contribution in [3.8, 4) is 17.2 Å². The molecule has 3 aromatic rings. The second-order valence-corrected chi connectivity index (χ2v) is 6.31. The van der Waals surface area contributed by atoms with Crippen LogP contribution in [0.25, 0.3) is 0 Å². The highest BCUT2D eigenvalue weighted by Gasteiger charge is 2.32. The number of ether oxygens (including phenoxy) is 2. The lowest BCUT2D eigenvalue weighted by Crippen LogP contribution is -2.24. The summed E-state index contributed by atoms with van der Waals surface area (Å²) >= 11 is 0. The molecule has 0 aliphatic rings. The standard InChI is InChI=1S/C21H18F3N3O3/c1-13-6-11-16(19(25)27-13)20(28)26-12-14-7-9-15(10-8-14)29-17-4-2-3-5-18(17)30-21(22,23)24/h2-11H,12H2,1H3,(H2,25,27)(H,26,28). The summed E-state index contributed by atoms with van der Waals surface area (Å²) in [7, 11) is 0. The number of aromatic nitrogens is 1. The summed E-state index contributed by atoms with van der Waals surface area (Å²) in [6, 6.07) is 15.3. The maximum atomic E-state index is 12.5. The number of carbonyl (C=O) groups excluding carboxylic acids is 1. The molecule has 0 saturated heterocycles. The number of halogens is 3. The van der Waals surface area contributed by atoms with Gasteiger partial charge in [0, 0.05) is 12.2 Å². The number of nitrogen functional groups attached to an aromatic ring is 1. The molecule has 0 atom stereocenters. The van der Waals surface area contributed by atoms with Gasteiger partial charge in [0.25, 0.3) is 5.91 Å². The number of nitrogens with two attached hydrogens (primary N) is 1. The minimum absolute atomic E-state index is 0.0711. The second kappa shape index (κ2) is 8.73. The molecule has 6 nitrogen and oxygen atoms in total. The molecule has 3 rings (SSSR count). The Hall–Kier alpha value is -3.75. The molecule has 0 aliphatic carbocycles. The summed E-state index contributed by atoms with van der Waals surface area (Å²) < 4.78 is 47.0. The Morgan fingerprint density at radius 2 is 1.70 bits per heavy atom. The predicted octanol–water partition coefficient (Wildman–Crippen LogP) is 4.59. The molecule has 3 N–H and O–H groups in total. The third kappa shape index (κ3) is 5.63. The first kappa shape index (κ1) is 21.0. The Morgan fingerprint density at radius 3 is 2.33 bits per heavy atom. The summed E-state index contributed by atoms with van der Waals surface area (Å²) in [6.07, 6.45) is -4.82. The van der Waals surface area contributed by atoms with Gasteiger partial charge in [0.1, 0.15) is 11.6 Å². The Labute approximate surface area is 170 Å². The molecule has 0 radical (unpaired) electrons. The number of pyridine rings is 1. The molecule has 30 heavy (non-hydrogen) atoms. The number of nitrogens with one attached hydrogen (secondary N) is 1. The predicted molar refractivity (Wildman–Crippen MR) is 104 cm³/mol. The van der Waals surface area contributed by atoms with Gasteiger partial charge in [0.05, 0.1) is 5.56 Å². The van der Waals surface area contributed by atoms with Crippen LogP contribution in [0.5, 0.6) is 17.2 Å². The van der Waals surface area contributed by atoms with Crippen molar-refractivity contribution in [1.29, 1.82) is 0 Å². The minimum Gasteiger partial charge on any atom is -0.453 e. The van der Waals surface area contributed by atoms with E-state index in [1.165, 1.54) is 24.3 Å². The highest BCUT2D eigenvalue weighted by atomic mass is 19.4. The maximum absolute atomic E-state index is 12.5. The van der Waals surface area contributed by atoms with Gasteiger partial charge in [0.2, 0.25) is 0 Å². The van der Waals surface area contributed by atoms with Crippen LogP contribution < -0.4 is 20.5 Å². The summed E-state index contributed by atoms with van der Waals surface area (Å²) in [4.78, 5) is 16.3. The van der Waals surface area contributed by atoms with Crippen molar-refractivity contribution in [1.82, 2.24) is 10.3 Å². The number of rotatable bonds is 6. The number of para-hydroxylation sites is 2. The third-order valence-electron chi connectivity index (χ3n) is 3.99. The van der Waals surface area contributed by atoms with Crippen LogP contribution in [0.1, 0.15) is 21.6 Å². The number of benzene rings is 2. The number of hydrogen-bond donors (Lipinski definition) is 2. The van der Waals surface area contributed by atoms with Crippen molar-refractivity contribution in [2.45, 2.75) is 19.8 Å². The zero-order valence-electron chi connectivity index (χ0n) is 15.9. The van der Waals surface area contributed by atoms with Gasteiger partial charge in [-0.25, -0.2) is 4.98 Å². The van der Waals surface area contributed by atoms with Gasteiger partial charge in [-0.2, -0.15) is 0 Å². The number of amides is 1. The number of carbonyl (C=O) groups is 1. The molecule has 0 spiro atoms. The second-order valence-electron chi connectivity index (χ2n) is 6.31. The van der Waals surface area contributed by atoms with E-state index >= 15 is 0 Å². The fourth-order valence-corrected chi connectivity index (χ4v) is 2.59. The Balaban J connectivity index is 1.63. The van der Waals surface area contributed by atoms with E-state index in [1.54, 1.807) is 43.3 Å². The summed E-state index contributed by atoms with van der Waals surface area (Å²) in [5.74, 6) is -0.409.